The summed E-state index contributed by atoms with van der Waals surface area (Å²) in [4.78, 5) is 11.7. The number of carbonyl (C=O) groups is 1. The van der Waals surface area contributed by atoms with E-state index in [0.29, 0.717) is 11.4 Å². The van der Waals surface area contributed by atoms with Gasteiger partial charge in [-0.15, -0.1) is 11.8 Å². The molecule has 0 aliphatic carbocycles. The van der Waals surface area contributed by atoms with Crippen molar-refractivity contribution < 1.29 is 4.79 Å². The Morgan fingerprint density at radius 2 is 1.96 bits per heavy atom. The van der Waals surface area contributed by atoms with Crippen molar-refractivity contribution in [3.05, 3.63) is 53.8 Å². The van der Waals surface area contributed by atoms with Crippen LogP contribution in [0.5, 0.6) is 0 Å². The van der Waals surface area contributed by atoms with Crippen LogP contribution in [-0.4, -0.2) is 22.4 Å². The van der Waals surface area contributed by atoms with E-state index in [1.807, 2.05) is 55.9 Å². The molecule has 3 rings (SSSR count). The number of anilines is 1. The molecule has 0 aliphatic rings. The second-order valence-electron chi connectivity index (χ2n) is 5.25. The molecule has 1 aromatic heterocycles. The average molecular weight is 358 g/mol. The second-order valence-corrected chi connectivity index (χ2v) is 6.47. The zero-order chi connectivity index (χ0) is 17.1. The average Bonchev–Trinajstić information content (AvgIpc) is 3.02. The van der Waals surface area contributed by atoms with Crippen molar-refractivity contribution in [1.82, 2.24) is 9.78 Å². The van der Waals surface area contributed by atoms with Crippen molar-refractivity contribution in [3.63, 3.8) is 0 Å². The van der Waals surface area contributed by atoms with Gasteiger partial charge in [-0.3, -0.25) is 9.48 Å². The van der Waals surface area contributed by atoms with E-state index in [0.717, 1.165) is 32.8 Å². The summed E-state index contributed by atoms with van der Waals surface area (Å²) in [5.74, 6) is 0. The van der Waals surface area contributed by atoms with Crippen LogP contribution >= 0.6 is 23.4 Å². The minimum Gasteiger partial charge on any atom is -0.328 e. The summed E-state index contributed by atoms with van der Waals surface area (Å²) < 4.78 is 1.75. The number of carbonyl (C=O) groups excluding carboxylic acids is 1. The number of nitrogens with zero attached hydrogens (tertiary/aromatic N) is 2. The van der Waals surface area contributed by atoms with Crippen LogP contribution in [0, 0.1) is 0 Å². The first-order chi connectivity index (χ1) is 11.6. The summed E-state index contributed by atoms with van der Waals surface area (Å²) in [6, 6.07) is 11.8. The largest absolute Gasteiger partial charge is 0.328 e. The SMILES string of the molecule is CSc1cc(-c2cccc(-c3cnn(C)c3)c2Cl)ccc1NC=O. The van der Waals surface area contributed by atoms with Crippen LogP contribution in [0.2, 0.25) is 5.02 Å². The maximum atomic E-state index is 10.7. The molecule has 0 saturated heterocycles. The van der Waals surface area contributed by atoms with Crippen LogP contribution in [0.1, 0.15) is 0 Å². The van der Waals surface area contributed by atoms with E-state index >= 15 is 0 Å². The van der Waals surface area contributed by atoms with Crippen molar-refractivity contribution in [2.75, 3.05) is 11.6 Å². The van der Waals surface area contributed by atoms with E-state index in [4.69, 9.17) is 11.6 Å². The molecule has 0 spiro atoms. The standard InChI is InChI=1S/C18H16ClN3OS/c1-22-10-13(9-21-22)15-5-3-4-14(18(15)19)12-6-7-16(20-11-23)17(8-12)24-2/h3-11H,1-2H3,(H,20,23). The first-order valence-corrected chi connectivity index (χ1v) is 8.90. The smallest absolute Gasteiger partial charge is 0.211 e. The highest BCUT2D eigenvalue weighted by Gasteiger charge is 2.12. The molecule has 3 aromatic rings. The van der Waals surface area contributed by atoms with E-state index in [9.17, 15) is 4.79 Å². The number of halogens is 1. The maximum Gasteiger partial charge on any atom is 0.211 e. The summed E-state index contributed by atoms with van der Waals surface area (Å²) in [6.45, 7) is 0. The molecular weight excluding hydrogens is 342 g/mol. The first-order valence-electron chi connectivity index (χ1n) is 7.30. The molecule has 0 aliphatic heterocycles. The number of hydrogen-bond acceptors (Lipinski definition) is 3. The molecule has 1 amide bonds. The fraction of sp³-hybridized carbons (Fsp3) is 0.111. The number of aromatic nitrogens is 2. The Bertz CT molecular complexity index is 892. The molecule has 0 radical (unpaired) electrons. The third kappa shape index (κ3) is 3.18. The van der Waals surface area contributed by atoms with Crippen molar-refractivity contribution in [3.8, 4) is 22.3 Å². The monoisotopic (exact) mass is 357 g/mol. The molecule has 4 nitrogen and oxygen atoms in total. The Morgan fingerprint density at radius 1 is 1.21 bits per heavy atom. The molecule has 6 heteroatoms. The molecule has 0 bridgehead atoms. The minimum absolute atomic E-state index is 0.685. The summed E-state index contributed by atoms with van der Waals surface area (Å²) in [5.41, 5.74) is 4.68. The molecular formula is C18H16ClN3OS. The number of amides is 1. The summed E-state index contributed by atoms with van der Waals surface area (Å²) in [5, 5.41) is 7.61. The van der Waals surface area contributed by atoms with Gasteiger partial charge in [0.15, 0.2) is 0 Å². The molecule has 0 unspecified atom stereocenters. The number of thioether (sulfide) groups is 1. The normalized spacial score (nSPS) is 10.6. The van der Waals surface area contributed by atoms with Gasteiger partial charge in [-0.1, -0.05) is 35.9 Å². The zero-order valence-corrected chi connectivity index (χ0v) is 14.9. The lowest BCUT2D eigenvalue weighted by molar-refractivity contribution is -0.105. The van der Waals surface area contributed by atoms with Crippen molar-refractivity contribution >= 4 is 35.5 Å². The molecule has 0 saturated carbocycles. The maximum absolute atomic E-state index is 10.7. The topological polar surface area (TPSA) is 46.9 Å². The molecule has 24 heavy (non-hydrogen) atoms. The van der Waals surface area contributed by atoms with Crippen molar-refractivity contribution in [2.45, 2.75) is 4.90 Å². The van der Waals surface area contributed by atoms with Crippen LogP contribution in [0.25, 0.3) is 22.3 Å². The minimum atomic E-state index is 0.685. The zero-order valence-electron chi connectivity index (χ0n) is 13.3. The lowest BCUT2D eigenvalue weighted by atomic mass is 10.00. The highest BCUT2D eigenvalue weighted by atomic mass is 35.5. The van der Waals surface area contributed by atoms with Crippen molar-refractivity contribution in [2.24, 2.45) is 7.05 Å². The Balaban J connectivity index is 2.08. The van der Waals surface area contributed by atoms with E-state index in [-0.39, 0.29) is 0 Å². The van der Waals surface area contributed by atoms with E-state index in [1.165, 1.54) is 0 Å². The fourth-order valence-corrected chi connectivity index (χ4v) is 3.52. The Labute approximate surface area is 149 Å². The van der Waals surface area contributed by atoms with Gasteiger partial charge in [0, 0.05) is 34.8 Å². The highest BCUT2D eigenvalue weighted by Crippen LogP contribution is 2.38. The van der Waals surface area contributed by atoms with Crippen molar-refractivity contribution in [1.29, 1.82) is 0 Å². The Morgan fingerprint density at radius 3 is 2.58 bits per heavy atom. The quantitative estimate of drug-likeness (QED) is 0.532. The Kier molecular flexibility index (Phi) is 4.92. The molecule has 0 atom stereocenters. The number of nitrogens with one attached hydrogen (secondary N) is 1. The first kappa shape index (κ1) is 16.6. The molecule has 1 heterocycles. The van der Waals surface area contributed by atoms with Gasteiger partial charge < -0.3 is 5.32 Å². The number of rotatable bonds is 5. The Hall–Kier alpha value is -2.24. The molecule has 1 N–H and O–H groups in total. The van der Waals surface area contributed by atoms with Crippen LogP contribution in [0.15, 0.2) is 53.7 Å². The lowest BCUT2D eigenvalue weighted by Crippen LogP contribution is -1.96. The number of benzene rings is 2. The van der Waals surface area contributed by atoms with Gasteiger partial charge in [0.25, 0.3) is 0 Å². The van der Waals surface area contributed by atoms with Crippen LogP contribution < -0.4 is 5.32 Å². The predicted octanol–water partition coefficient (Wildman–Crippen LogP) is 4.70. The number of hydrogen-bond donors (Lipinski definition) is 1. The molecule has 0 fully saturated rings. The van der Waals surface area contributed by atoms with Crippen LogP contribution in [-0.2, 0) is 11.8 Å². The van der Waals surface area contributed by atoms with Gasteiger partial charge in [0.2, 0.25) is 6.41 Å². The van der Waals surface area contributed by atoms with E-state index in [1.54, 1.807) is 22.6 Å². The molecule has 122 valence electrons. The second kappa shape index (κ2) is 7.11. The predicted molar refractivity (Wildman–Crippen MR) is 101 cm³/mol. The van der Waals surface area contributed by atoms with Gasteiger partial charge in [-0.2, -0.15) is 5.10 Å². The fourth-order valence-electron chi connectivity index (χ4n) is 2.58. The van der Waals surface area contributed by atoms with Crippen LogP contribution in [0.4, 0.5) is 5.69 Å². The van der Waals surface area contributed by atoms with E-state index in [2.05, 4.69) is 10.4 Å². The van der Waals surface area contributed by atoms with Crippen LogP contribution in [0.3, 0.4) is 0 Å². The van der Waals surface area contributed by atoms with Gasteiger partial charge in [-0.05, 0) is 24.0 Å². The van der Waals surface area contributed by atoms with Gasteiger partial charge in [0.1, 0.15) is 0 Å². The third-order valence-electron chi connectivity index (χ3n) is 3.74. The highest BCUT2D eigenvalue weighted by molar-refractivity contribution is 7.98. The van der Waals surface area contributed by atoms with Gasteiger partial charge >= 0.3 is 0 Å². The van der Waals surface area contributed by atoms with Gasteiger partial charge in [0.05, 0.1) is 16.9 Å². The lowest BCUT2D eigenvalue weighted by Gasteiger charge is -2.12. The summed E-state index contributed by atoms with van der Waals surface area (Å²) >= 11 is 8.24. The molecule has 2 aromatic carbocycles. The summed E-state index contributed by atoms with van der Waals surface area (Å²) in [7, 11) is 1.88. The van der Waals surface area contributed by atoms with E-state index < -0.39 is 0 Å². The third-order valence-corrected chi connectivity index (χ3v) is 4.93. The number of aryl methyl sites for hydroxylation is 1. The summed E-state index contributed by atoms with van der Waals surface area (Å²) in [6.07, 6.45) is 6.40. The van der Waals surface area contributed by atoms with Gasteiger partial charge in [-0.25, -0.2) is 0 Å².